The number of nitrogens with one attached hydrogen (secondary N) is 1. The summed E-state index contributed by atoms with van der Waals surface area (Å²) < 4.78 is 0. The molecular weight excluding hydrogens is 142 g/mol. The van der Waals surface area contributed by atoms with Crippen molar-refractivity contribution in [3.05, 3.63) is 11.5 Å². The molecule has 0 saturated heterocycles. The predicted molar refractivity (Wildman–Crippen MR) is 39.2 cm³/mol. The number of aliphatic hydroxyl groups is 1. The lowest BCUT2D eigenvalue weighted by atomic mass is 10.3. The maximum atomic E-state index is 8.96. The van der Waals surface area contributed by atoms with Gasteiger partial charge in [0.25, 0.3) is 0 Å². The van der Waals surface area contributed by atoms with Gasteiger partial charge in [0.2, 0.25) is 5.88 Å². The summed E-state index contributed by atoms with van der Waals surface area (Å²) in [5, 5.41) is 28.0. The summed E-state index contributed by atoms with van der Waals surface area (Å²) in [6, 6.07) is 3.13. The van der Waals surface area contributed by atoms with Gasteiger partial charge in [-0.1, -0.05) is 6.92 Å². The molecule has 0 bridgehead atoms. The maximum Gasteiger partial charge on any atom is 0.213 e. The third kappa shape index (κ3) is 3.12. The SMILES string of the molecule is CCCNC(O)=C(C#N)C#N. The lowest BCUT2D eigenvalue weighted by Crippen LogP contribution is -2.15. The van der Waals surface area contributed by atoms with Gasteiger partial charge in [0.1, 0.15) is 12.1 Å². The van der Waals surface area contributed by atoms with Crippen molar-refractivity contribution in [2.24, 2.45) is 0 Å². The number of nitriles is 2. The average Bonchev–Trinajstić information content (AvgIpc) is 2.03. The second-order valence-electron chi connectivity index (χ2n) is 1.87. The molecule has 2 N–H and O–H groups in total. The zero-order valence-corrected chi connectivity index (χ0v) is 6.26. The van der Waals surface area contributed by atoms with Crippen molar-refractivity contribution < 1.29 is 5.11 Å². The molecule has 4 heteroatoms. The average molecular weight is 151 g/mol. The standard InChI is InChI=1S/C7H9N3O/c1-2-3-10-7(11)6(4-8)5-9/h10-11H,2-3H2,1H3. The van der Waals surface area contributed by atoms with E-state index in [0.717, 1.165) is 6.42 Å². The molecular formula is C7H9N3O. The normalized spacial score (nSPS) is 7.55. The minimum atomic E-state index is -0.336. The van der Waals surface area contributed by atoms with Crippen LogP contribution in [0.4, 0.5) is 0 Å². The van der Waals surface area contributed by atoms with Crippen molar-refractivity contribution in [2.75, 3.05) is 6.54 Å². The molecule has 0 aliphatic heterocycles. The fraction of sp³-hybridized carbons (Fsp3) is 0.429. The Morgan fingerprint density at radius 3 is 2.36 bits per heavy atom. The second kappa shape index (κ2) is 5.13. The summed E-state index contributed by atoms with van der Waals surface area (Å²) in [5.41, 5.74) is -0.279. The molecule has 0 unspecified atom stereocenters. The van der Waals surface area contributed by atoms with Crippen LogP contribution in [-0.2, 0) is 0 Å². The van der Waals surface area contributed by atoms with Gasteiger partial charge in [-0.15, -0.1) is 0 Å². The molecule has 0 radical (unpaired) electrons. The molecule has 0 spiro atoms. The fourth-order valence-electron chi connectivity index (χ4n) is 0.463. The van der Waals surface area contributed by atoms with Crippen LogP contribution in [0.15, 0.2) is 11.5 Å². The molecule has 0 atom stereocenters. The number of nitrogens with zero attached hydrogens (tertiary/aromatic N) is 2. The monoisotopic (exact) mass is 151 g/mol. The first-order valence-electron chi connectivity index (χ1n) is 3.23. The van der Waals surface area contributed by atoms with E-state index in [1.54, 1.807) is 12.1 Å². The van der Waals surface area contributed by atoms with E-state index >= 15 is 0 Å². The molecule has 0 aromatic rings. The van der Waals surface area contributed by atoms with Gasteiger partial charge < -0.3 is 10.4 Å². The zero-order chi connectivity index (χ0) is 8.69. The molecule has 0 amide bonds. The Bertz CT molecular complexity index is 215. The van der Waals surface area contributed by atoms with Crippen LogP contribution >= 0.6 is 0 Å². The summed E-state index contributed by atoms with van der Waals surface area (Å²) in [7, 11) is 0. The summed E-state index contributed by atoms with van der Waals surface area (Å²) in [4.78, 5) is 0. The van der Waals surface area contributed by atoms with Crippen LogP contribution in [0.2, 0.25) is 0 Å². The van der Waals surface area contributed by atoms with E-state index in [2.05, 4.69) is 5.32 Å². The Morgan fingerprint density at radius 1 is 1.45 bits per heavy atom. The summed E-state index contributed by atoms with van der Waals surface area (Å²) in [6.45, 7) is 2.47. The quantitative estimate of drug-likeness (QED) is 0.462. The van der Waals surface area contributed by atoms with Gasteiger partial charge >= 0.3 is 0 Å². The van der Waals surface area contributed by atoms with Gasteiger partial charge in [-0.05, 0) is 6.42 Å². The Labute approximate surface area is 65.4 Å². The molecule has 0 aromatic carbocycles. The topological polar surface area (TPSA) is 79.8 Å². The van der Waals surface area contributed by atoms with Crippen LogP contribution in [0.5, 0.6) is 0 Å². The number of hydrogen-bond acceptors (Lipinski definition) is 4. The van der Waals surface area contributed by atoms with Crippen molar-refractivity contribution in [2.45, 2.75) is 13.3 Å². The summed E-state index contributed by atoms with van der Waals surface area (Å²) >= 11 is 0. The number of allylic oxidation sites excluding steroid dienone is 1. The molecule has 0 saturated carbocycles. The van der Waals surface area contributed by atoms with Crippen LogP contribution in [0.25, 0.3) is 0 Å². The highest BCUT2D eigenvalue weighted by atomic mass is 16.3. The van der Waals surface area contributed by atoms with Crippen LogP contribution < -0.4 is 5.32 Å². The Hall–Kier alpha value is -1.68. The third-order valence-corrected chi connectivity index (χ3v) is 1.00. The minimum Gasteiger partial charge on any atom is -0.493 e. The maximum absolute atomic E-state index is 8.96. The van der Waals surface area contributed by atoms with Crippen LogP contribution in [0.3, 0.4) is 0 Å². The van der Waals surface area contributed by atoms with Crippen LogP contribution in [0, 0.1) is 22.7 Å². The van der Waals surface area contributed by atoms with Crippen molar-refractivity contribution in [1.29, 1.82) is 10.5 Å². The molecule has 0 heterocycles. The third-order valence-electron chi connectivity index (χ3n) is 1.00. The fourth-order valence-corrected chi connectivity index (χ4v) is 0.463. The number of rotatable bonds is 3. The van der Waals surface area contributed by atoms with E-state index in [1.807, 2.05) is 6.92 Å². The predicted octanol–water partition coefficient (Wildman–Crippen LogP) is 0.803. The molecule has 58 valence electrons. The highest BCUT2D eigenvalue weighted by Crippen LogP contribution is 1.93. The van der Waals surface area contributed by atoms with Gasteiger partial charge in [0, 0.05) is 6.54 Å². The van der Waals surface area contributed by atoms with E-state index in [4.69, 9.17) is 15.6 Å². The van der Waals surface area contributed by atoms with Gasteiger partial charge in [0.05, 0.1) is 0 Å². The number of hydrogen-bond donors (Lipinski definition) is 2. The van der Waals surface area contributed by atoms with Gasteiger partial charge in [-0.2, -0.15) is 10.5 Å². The minimum absolute atomic E-state index is 0.279. The Kier molecular flexibility index (Phi) is 4.35. The molecule has 0 aliphatic carbocycles. The smallest absolute Gasteiger partial charge is 0.213 e. The lowest BCUT2D eigenvalue weighted by Gasteiger charge is -2.00. The van der Waals surface area contributed by atoms with Crippen molar-refractivity contribution in [3.8, 4) is 12.1 Å². The lowest BCUT2D eigenvalue weighted by molar-refractivity contribution is 0.361. The van der Waals surface area contributed by atoms with Gasteiger partial charge in [-0.25, -0.2) is 0 Å². The van der Waals surface area contributed by atoms with Gasteiger partial charge in [-0.3, -0.25) is 0 Å². The summed E-state index contributed by atoms with van der Waals surface area (Å²) in [5.74, 6) is -0.336. The zero-order valence-electron chi connectivity index (χ0n) is 6.26. The Balaban J connectivity index is 4.19. The van der Waals surface area contributed by atoms with Crippen molar-refractivity contribution in [3.63, 3.8) is 0 Å². The van der Waals surface area contributed by atoms with E-state index < -0.39 is 0 Å². The molecule has 0 aromatic heterocycles. The number of aliphatic hydroxyl groups excluding tert-OH is 1. The van der Waals surface area contributed by atoms with E-state index in [-0.39, 0.29) is 11.5 Å². The van der Waals surface area contributed by atoms with E-state index in [9.17, 15) is 0 Å². The largest absolute Gasteiger partial charge is 0.493 e. The van der Waals surface area contributed by atoms with E-state index in [1.165, 1.54) is 0 Å². The highest BCUT2D eigenvalue weighted by molar-refractivity contribution is 5.36. The first kappa shape index (κ1) is 9.32. The molecule has 0 aliphatic rings. The first-order valence-corrected chi connectivity index (χ1v) is 3.23. The molecule has 0 fully saturated rings. The Morgan fingerprint density at radius 2 is 2.00 bits per heavy atom. The van der Waals surface area contributed by atoms with Crippen molar-refractivity contribution >= 4 is 0 Å². The molecule has 11 heavy (non-hydrogen) atoms. The van der Waals surface area contributed by atoms with Crippen LogP contribution in [0.1, 0.15) is 13.3 Å². The summed E-state index contributed by atoms with van der Waals surface area (Å²) in [6.07, 6.45) is 0.828. The second-order valence-corrected chi connectivity index (χ2v) is 1.87. The van der Waals surface area contributed by atoms with Crippen molar-refractivity contribution in [1.82, 2.24) is 5.32 Å². The van der Waals surface area contributed by atoms with Gasteiger partial charge in [0.15, 0.2) is 5.57 Å². The highest BCUT2D eigenvalue weighted by Gasteiger charge is 2.00. The molecule has 4 nitrogen and oxygen atoms in total. The van der Waals surface area contributed by atoms with E-state index in [0.29, 0.717) is 6.54 Å². The van der Waals surface area contributed by atoms with Crippen LogP contribution in [-0.4, -0.2) is 11.7 Å². The molecule has 0 rings (SSSR count). The first-order chi connectivity index (χ1) is 5.26.